The Balaban J connectivity index is 1.92. The van der Waals surface area contributed by atoms with Gasteiger partial charge in [0, 0.05) is 30.7 Å². The highest BCUT2D eigenvalue weighted by atomic mass is 16.1. The van der Waals surface area contributed by atoms with Gasteiger partial charge < -0.3 is 16.4 Å². The maximum absolute atomic E-state index is 11.2. The fourth-order valence-corrected chi connectivity index (χ4v) is 2.58. The number of nitrogen functional groups attached to an aromatic ring is 1. The number of nitrogens with two attached hydrogens (primary N) is 2. The molecule has 0 atom stereocenters. The first kappa shape index (κ1) is 12.5. The number of aromatic nitrogens is 1. The lowest BCUT2D eigenvalue weighted by Crippen LogP contribution is -2.31. The molecule has 0 unspecified atom stereocenters. The number of carbonyl (C=O) groups excluding carboxylic acids is 1. The molecule has 102 valence electrons. The normalized spacial score (nSPS) is 13.9. The number of carbonyl (C=O) groups is 1. The van der Waals surface area contributed by atoms with Gasteiger partial charge in [-0.25, -0.2) is 0 Å². The lowest BCUT2D eigenvalue weighted by Gasteiger charge is -2.31. The zero-order chi connectivity index (χ0) is 14.1. The Morgan fingerprint density at radius 2 is 2.15 bits per heavy atom. The summed E-state index contributed by atoms with van der Waals surface area (Å²) in [6, 6.07) is 9.64. The topological polar surface area (TPSA) is 85.2 Å². The molecule has 1 amide bonds. The van der Waals surface area contributed by atoms with Crippen LogP contribution in [0.4, 0.5) is 11.4 Å². The Morgan fingerprint density at radius 1 is 1.30 bits per heavy atom. The van der Waals surface area contributed by atoms with Gasteiger partial charge in [0.15, 0.2) is 0 Å². The average Bonchev–Trinajstić information content (AvgIpc) is 2.47. The van der Waals surface area contributed by atoms with Crippen molar-refractivity contribution in [2.24, 2.45) is 5.73 Å². The number of amides is 1. The van der Waals surface area contributed by atoms with Gasteiger partial charge in [-0.3, -0.25) is 9.78 Å². The van der Waals surface area contributed by atoms with Crippen molar-refractivity contribution < 1.29 is 4.79 Å². The molecular formula is C15H16N4O. The zero-order valence-electron chi connectivity index (χ0n) is 11.0. The quantitative estimate of drug-likeness (QED) is 0.804. The molecule has 0 fully saturated rings. The van der Waals surface area contributed by atoms with E-state index in [9.17, 15) is 4.79 Å². The number of fused-ring (bicyclic) bond motifs is 1. The summed E-state index contributed by atoms with van der Waals surface area (Å²) in [6.07, 6.45) is 2.55. The Hall–Kier alpha value is -2.56. The number of rotatable bonds is 2. The molecule has 5 nitrogen and oxygen atoms in total. The molecule has 20 heavy (non-hydrogen) atoms. The first-order valence-corrected chi connectivity index (χ1v) is 6.52. The molecule has 4 N–H and O–H groups in total. The third kappa shape index (κ3) is 2.18. The molecular weight excluding hydrogens is 252 g/mol. The number of pyridine rings is 1. The van der Waals surface area contributed by atoms with Crippen molar-refractivity contribution in [1.82, 2.24) is 4.98 Å². The van der Waals surface area contributed by atoms with Crippen LogP contribution in [0, 0.1) is 0 Å². The van der Waals surface area contributed by atoms with Crippen LogP contribution in [0.1, 0.15) is 21.6 Å². The SMILES string of the molecule is NC(=O)c1cc(N2CCc3cccc(N)c3C2)ccn1. The summed E-state index contributed by atoms with van der Waals surface area (Å²) >= 11 is 0. The zero-order valence-corrected chi connectivity index (χ0v) is 11.0. The van der Waals surface area contributed by atoms with Gasteiger partial charge in [0.1, 0.15) is 5.69 Å². The van der Waals surface area contributed by atoms with E-state index < -0.39 is 5.91 Å². The Kier molecular flexibility index (Phi) is 3.02. The van der Waals surface area contributed by atoms with Crippen LogP contribution in [0.25, 0.3) is 0 Å². The second-order valence-electron chi connectivity index (χ2n) is 4.92. The van der Waals surface area contributed by atoms with Gasteiger partial charge in [-0.15, -0.1) is 0 Å². The highest BCUT2D eigenvalue weighted by Crippen LogP contribution is 2.27. The van der Waals surface area contributed by atoms with E-state index in [-0.39, 0.29) is 5.69 Å². The molecule has 1 aromatic carbocycles. The van der Waals surface area contributed by atoms with Gasteiger partial charge in [-0.2, -0.15) is 0 Å². The predicted molar refractivity (Wildman–Crippen MR) is 78.4 cm³/mol. The van der Waals surface area contributed by atoms with E-state index in [1.165, 1.54) is 5.56 Å². The summed E-state index contributed by atoms with van der Waals surface area (Å²) < 4.78 is 0. The largest absolute Gasteiger partial charge is 0.398 e. The molecule has 0 aliphatic carbocycles. The lowest BCUT2D eigenvalue weighted by atomic mass is 9.98. The Labute approximate surface area is 117 Å². The minimum atomic E-state index is -0.510. The minimum Gasteiger partial charge on any atom is -0.398 e. The Morgan fingerprint density at radius 3 is 2.95 bits per heavy atom. The molecule has 2 heterocycles. The van der Waals surface area contributed by atoms with Crippen molar-refractivity contribution in [1.29, 1.82) is 0 Å². The van der Waals surface area contributed by atoms with E-state index in [1.54, 1.807) is 12.3 Å². The summed E-state index contributed by atoms with van der Waals surface area (Å²) in [5.41, 5.74) is 15.8. The van der Waals surface area contributed by atoms with Gasteiger partial charge >= 0.3 is 0 Å². The van der Waals surface area contributed by atoms with Crippen molar-refractivity contribution in [3.05, 3.63) is 53.3 Å². The molecule has 1 aromatic heterocycles. The molecule has 0 saturated heterocycles. The molecule has 0 spiro atoms. The van der Waals surface area contributed by atoms with Crippen LogP contribution in [-0.2, 0) is 13.0 Å². The summed E-state index contributed by atoms with van der Waals surface area (Å²) in [5.74, 6) is -0.510. The molecule has 3 rings (SSSR count). The molecule has 0 radical (unpaired) electrons. The molecule has 1 aliphatic rings. The van der Waals surface area contributed by atoms with E-state index in [1.807, 2.05) is 18.2 Å². The van der Waals surface area contributed by atoms with Crippen LogP contribution in [0.3, 0.4) is 0 Å². The van der Waals surface area contributed by atoms with Crippen molar-refractivity contribution in [3.8, 4) is 0 Å². The highest BCUT2D eigenvalue weighted by Gasteiger charge is 2.19. The lowest BCUT2D eigenvalue weighted by molar-refractivity contribution is 0.0995. The smallest absolute Gasteiger partial charge is 0.267 e. The molecule has 1 aliphatic heterocycles. The van der Waals surface area contributed by atoms with Crippen LogP contribution in [0.5, 0.6) is 0 Å². The van der Waals surface area contributed by atoms with Crippen molar-refractivity contribution >= 4 is 17.3 Å². The molecule has 0 saturated carbocycles. The minimum absolute atomic E-state index is 0.286. The number of anilines is 2. The van der Waals surface area contributed by atoms with E-state index >= 15 is 0 Å². The van der Waals surface area contributed by atoms with Crippen molar-refractivity contribution in [3.63, 3.8) is 0 Å². The molecule has 5 heteroatoms. The first-order chi connectivity index (χ1) is 9.65. The average molecular weight is 268 g/mol. The number of nitrogens with zero attached hydrogens (tertiary/aromatic N) is 2. The number of hydrogen-bond donors (Lipinski definition) is 2. The second-order valence-corrected chi connectivity index (χ2v) is 4.92. The van der Waals surface area contributed by atoms with E-state index in [0.717, 1.165) is 36.4 Å². The van der Waals surface area contributed by atoms with Crippen LogP contribution in [0.15, 0.2) is 36.5 Å². The van der Waals surface area contributed by atoms with Crippen LogP contribution in [-0.4, -0.2) is 17.4 Å². The van der Waals surface area contributed by atoms with Crippen LogP contribution in [0.2, 0.25) is 0 Å². The van der Waals surface area contributed by atoms with Gasteiger partial charge in [-0.1, -0.05) is 12.1 Å². The number of benzene rings is 1. The summed E-state index contributed by atoms with van der Waals surface area (Å²) in [7, 11) is 0. The third-order valence-corrected chi connectivity index (χ3v) is 3.67. The van der Waals surface area contributed by atoms with Gasteiger partial charge in [0.2, 0.25) is 0 Å². The summed E-state index contributed by atoms with van der Waals surface area (Å²) in [4.78, 5) is 17.4. The van der Waals surface area contributed by atoms with Gasteiger partial charge in [0.05, 0.1) is 0 Å². The van der Waals surface area contributed by atoms with Gasteiger partial charge in [-0.05, 0) is 35.7 Å². The number of primary amides is 1. The number of hydrogen-bond acceptors (Lipinski definition) is 4. The maximum atomic E-state index is 11.2. The standard InChI is InChI=1S/C15H16N4O/c16-13-3-1-2-10-5-7-19(9-12(10)13)11-4-6-18-14(8-11)15(17)20/h1-4,6,8H,5,7,9,16H2,(H2,17,20). The van der Waals surface area contributed by atoms with E-state index in [4.69, 9.17) is 11.5 Å². The van der Waals surface area contributed by atoms with E-state index in [2.05, 4.69) is 16.0 Å². The first-order valence-electron chi connectivity index (χ1n) is 6.52. The maximum Gasteiger partial charge on any atom is 0.267 e. The Bertz CT molecular complexity index is 669. The third-order valence-electron chi connectivity index (χ3n) is 3.67. The molecule has 2 aromatic rings. The predicted octanol–water partition coefficient (Wildman–Crippen LogP) is 1.33. The molecule has 0 bridgehead atoms. The summed E-state index contributed by atoms with van der Waals surface area (Å²) in [5, 5.41) is 0. The fraction of sp³-hybridized carbons (Fsp3) is 0.200. The fourth-order valence-electron chi connectivity index (χ4n) is 2.58. The van der Waals surface area contributed by atoms with Crippen molar-refractivity contribution in [2.75, 3.05) is 17.2 Å². The monoisotopic (exact) mass is 268 g/mol. The summed E-state index contributed by atoms with van der Waals surface area (Å²) in [6.45, 7) is 1.63. The van der Waals surface area contributed by atoms with Gasteiger partial charge in [0.25, 0.3) is 5.91 Å². The second kappa shape index (κ2) is 4.85. The van der Waals surface area contributed by atoms with Crippen LogP contribution < -0.4 is 16.4 Å². The van der Waals surface area contributed by atoms with E-state index in [0.29, 0.717) is 0 Å². The van der Waals surface area contributed by atoms with Crippen LogP contribution >= 0.6 is 0 Å². The van der Waals surface area contributed by atoms with Crippen molar-refractivity contribution in [2.45, 2.75) is 13.0 Å². The highest BCUT2D eigenvalue weighted by molar-refractivity contribution is 5.91.